The molecule has 5 rings (SSSR count). The molecular formula is C27H29F4N7O3. The number of alkyl halides is 3. The Balaban J connectivity index is 1.20. The molecule has 2 aliphatic rings. The number of carbonyl (C=O) groups is 2. The Hall–Kier alpha value is -4.36. The van der Waals surface area contributed by atoms with Crippen LogP contribution in [0.25, 0.3) is 0 Å². The fourth-order valence-corrected chi connectivity index (χ4v) is 4.90. The van der Waals surface area contributed by atoms with E-state index in [2.05, 4.69) is 20.6 Å². The highest BCUT2D eigenvalue weighted by molar-refractivity contribution is 6.02. The molecule has 0 spiro atoms. The van der Waals surface area contributed by atoms with Gasteiger partial charge in [0.2, 0.25) is 5.76 Å². The summed E-state index contributed by atoms with van der Waals surface area (Å²) in [7, 11) is 0. The number of carbonyl (C=O) groups excluding carboxylic acids is 2. The van der Waals surface area contributed by atoms with Crippen LogP contribution in [0.1, 0.15) is 36.0 Å². The van der Waals surface area contributed by atoms with Crippen molar-refractivity contribution >= 4 is 35.1 Å². The molecule has 4 heterocycles. The molecule has 2 saturated heterocycles. The number of hydrogen-bond donors (Lipinski definition) is 2. The van der Waals surface area contributed by atoms with Gasteiger partial charge in [0, 0.05) is 39.3 Å². The van der Waals surface area contributed by atoms with Crippen molar-refractivity contribution in [1.82, 2.24) is 14.9 Å². The van der Waals surface area contributed by atoms with Crippen molar-refractivity contribution in [2.45, 2.75) is 25.9 Å². The zero-order valence-electron chi connectivity index (χ0n) is 22.2. The summed E-state index contributed by atoms with van der Waals surface area (Å²) in [5.74, 6) is -2.23. The topological polar surface area (TPSA) is 107 Å². The first-order valence-corrected chi connectivity index (χ1v) is 13.2. The number of halogens is 4. The van der Waals surface area contributed by atoms with Crippen LogP contribution in [0.4, 0.5) is 45.6 Å². The lowest BCUT2D eigenvalue weighted by atomic mass is 10.0. The van der Waals surface area contributed by atoms with Gasteiger partial charge in [-0.3, -0.25) is 4.79 Å². The number of pyridine rings is 1. The molecule has 1 unspecified atom stereocenters. The van der Waals surface area contributed by atoms with Gasteiger partial charge in [-0.1, -0.05) is 19.1 Å². The Kier molecular flexibility index (Phi) is 7.99. The van der Waals surface area contributed by atoms with Gasteiger partial charge in [-0.15, -0.1) is 0 Å². The predicted octanol–water partition coefficient (Wildman–Crippen LogP) is 5.07. The molecule has 2 fully saturated rings. The van der Waals surface area contributed by atoms with E-state index in [0.717, 1.165) is 12.8 Å². The molecule has 1 atom stereocenters. The van der Waals surface area contributed by atoms with Crippen molar-refractivity contribution < 1.29 is 31.6 Å². The van der Waals surface area contributed by atoms with Gasteiger partial charge in [0.1, 0.15) is 11.6 Å². The van der Waals surface area contributed by atoms with Crippen molar-refractivity contribution in [1.29, 1.82) is 0 Å². The first-order chi connectivity index (χ1) is 19.6. The van der Waals surface area contributed by atoms with Crippen LogP contribution in [0, 0.1) is 11.7 Å². The number of benzene rings is 1. The molecular weight excluding hydrogens is 546 g/mol. The van der Waals surface area contributed by atoms with Gasteiger partial charge in [-0.25, -0.2) is 14.2 Å². The van der Waals surface area contributed by atoms with Crippen molar-refractivity contribution in [3.63, 3.8) is 0 Å². The van der Waals surface area contributed by atoms with Gasteiger partial charge < -0.3 is 29.8 Å². The summed E-state index contributed by atoms with van der Waals surface area (Å²) in [5.41, 5.74) is -0.571. The van der Waals surface area contributed by atoms with Crippen LogP contribution in [0.15, 0.2) is 47.0 Å². The summed E-state index contributed by atoms with van der Waals surface area (Å²) in [6.45, 7) is 4.69. The Morgan fingerprint density at radius 1 is 1.00 bits per heavy atom. The molecule has 41 heavy (non-hydrogen) atoms. The second kappa shape index (κ2) is 11.6. The van der Waals surface area contributed by atoms with Crippen molar-refractivity contribution in [2.75, 3.05) is 59.7 Å². The van der Waals surface area contributed by atoms with Crippen LogP contribution < -0.4 is 20.4 Å². The highest BCUT2D eigenvalue weighted by atomic mass is 19.4. The Labute approximate surface area is 233 Å². The van der Waals surface area contributed by atoms with E-state index in [1.165, 1.54) is 30.5 Å². The molecule has 2 aliphatic heterocycles. The highest BCUT2D eigenvalue weighted by Gasteiger charge is 2.42. The monoisotopic (exact) mass is 575 g/mol. The van der Waals surface area contributed by atoms with Crippen molar-refractivity contribution in [3.8, 4) is 0 Å². The van der Waals surface area contributed by atoms with Crippen LogP contribution in [0.2, 0.25) is 0 Å². The third kappa shape index (κ3) is 6.52. The van der Waals surface area contributed by atoms with Gasteiger partial charge >= 0.3 is 12.2 Å². The summed E-state index contributed by atoms with van der Waals surface area (Å²) in [4.78, 5) is 38.3. The molecule has 218 valence electrons. The number of nitrogens with zero attached hydrogens (tertiary/aromatic N) is 5. The van der Waals surface area contributed by atoms with E-state index in [0.29, 0.717) is 45.0 Å². The summed E-state index contributed by atoms with van der Waals surface area (Å²) in [6, 6.07) is 8.42. The number of aromatic nitrogens is 2. The normalized spacial score (nSPS) is 17.9. The molecule has 0 radical (unpaired) electrons. The van der Waals surface area contributed by atoms with Crippen LogP contribution in [-0.2, 0) is 6.18 Å². The fourth-order valence-electron chi connectivity index (χ4n) is 4.90. The molecule has 14 heteroatoms. The molecule has 3 aromatic rings. The molecule has 2 aromatic heterocycles. The Morgan fingerprint density at radius 2 is 1.76 bits per heavy atom. The second-order valence-corrected chi connectivity index (χ2v) is 10.1. The number of urea groups is 1. The van der Waals surface area contributed by atoms with Gasteiger partial charge in [0.15, 0.2) is 5.69 Å². The van der Waals surface area contributed by atoms with E-state index >= 15 is 0 Å². The van der Waals surface area contributed by atoms with E-state index in [1.807, 2.05) is 11.8 Å². The fraction of sp³-hybridized carbons (Fsp3) is 0.407. The summed E-state index contributed by atoms with van der Waals surface area (Å²) in [5, 5.41) is 4.93. The third-order valence-electron chi connectivity index (χ3n) is 7.06. The zero-order chi connectivity index (χ0) is 29.1. The molecule has 3 amide bonds. The molecule has 1 aromatic carbocycles. The number of piperazine rings is 1. The van der Waals surface area contributed by atoms with E-state index < -0.39 is 35.4 Å². The first kappa shape index (κ1) is 28.2. The average molecular weight is 576 g/mol. The maximum absolute atomic E-state index is 13.8. The average Bonchev–Trinajstić information content (AvgIpc) is 3.42. The maximum Gasteiger partial charge on any atom is 0.437 e. The lowest BCUT2D eigenvalue weighted by molar-refractivity contribution is -0.141. The lowest BCUT2D eigenvalue weighted by Gasteiger charge is -2.35. The van der Waals surface area contributed by atoms with Gasteiger partial charge in [-0.2, -0.15) is 18.2 Å². The summed E-state index contributed by atoms with van der Waals surface area (Å²) >= 11 is 0. The minimum absolute atomic E-state index is 0.0410. The quantitative estimate of drug-likeness (QED) is 0.409. The standard InChI is InChI=1S/C27H29F4N7O3/c1-17-5-4-10-38(16-17)26-35-23(27(29,30)31)22(41-26)24(39)34-21-9-8-18(15-32-21)36-11-13-37(14-12-36)25(40)33-20-7-3-2-6-19(20)28/h2-3,6-9,15,17H,4-5,10-14,16H2,1H3,(H,33,40)(H,32,34,39). The lowest BCUT2D eigenvalue weighted by Crippen LogP contribution is -2.50. The molecule has 0 bridgehead atoms. The summed E-state index contributed by atoms with van der Waals surface area (Å²) < 4.78 is 60.2. The number of para-hydroxylation sites is 1. The zero-order valence-corrected chi connectivity index (χ0v) is 22.2. The van der Waals surface area contributed by atoms with Crippen LogP contribution in [0.3, 0.4) is 0 Å². The van der Waals surface area contributed by atoms with E-state index in [4.69, 9.17) is 4.42 Å². The number of oxazole rings is 1. The minimum atomic E-state index is -4.87. The number of hydrogen-bond acceptors (Lipinski definition) is 7. The molecule has 0 aliphatic carbocycles. The predicted molar refractivity (Wildman–Crippen MR) is 144 cm³/mol. The minimum Gasteiger partial charge on any atom is -0.417 e. The summed E-state index contributed by atoms with van der Waals surface area (Å²) in [6.07, 6.45) is -1.64. The molecule has 10 nitrogen and oxygen atoms in total. The van der Waals surface area contributed by atoms with E-state index in [1.54, 1.807) is 21.9 Å². The largest absolute Gasteiger partial charge is 0.437 e. The number of nitrogens with one attached hydrogen (secondary N) is 2. The second-order valence-electron chi connectivity index (χ2n) is 10.1. The number of piperidine rings is 1. The Bertz CT molecular complexity index is 1390. The first-order valence-electron chi connectivity index (χ1n) is 13.2. The van der Waals surface area contributed by atoms with Crippen LogP contribution >= 0.6 is 0 Å². The smallest absolute Gasteiger partial charge is 0.417 e. The van der Waals surface area contributed by atoms with Crippen molar-refractivity contribution in [3.05, 3.63) is 59.9 Å². The molecule has 2 N–H and O–H groups in total. The van der Waals surface area contributed by atoms with Crippen LogP contribution in [-0.4, -0.2) is 66.1 Å². The number of rotatable bonds is 5. The highest BCUT2D eigenvalue weighted by Crippen LogP contribution is 2.35. The van der Waals surface area contributed by atoms with Gasteiger partial charge in [-0.05, 0) is 43.0 Å². The third-order valence-corrected chi connectivity index (χ3v) is 7.06. The SMILES string of the molecule is CC1CCCN(c2nc(C(F)(F)F)c(C(=O)Nc3ccc(N4CCN(C(=O)Nc5ccccc5F)CC4)cn3)o2)C1. The molecule has 0 saturated carbocycles. The number of anilines is 4. The Morgan fingerprint density at radius 3 is 2.41 bits per heavy atom. The van der Waals surface area contributed by atoms with Gasteiger partial charge in [0.25, 0.3) is 11.9 Å². The number of amides is 3. The van der Waals surface area contributed by atoms with Crippen LogP contribution in [0.5, 0.6) is 0 Å². The van der Waals surface area contributed by atoms with Gasteiger partial charge in [0.05, 0.1) is 17.6 Å². The maximum atomic E-state index is 13.8. The van der Waals surface area contributed by atoms with E-state index in [-0.39, 0.29) is 23.4 Å². The van der Waals surface area contributed by atoms with E-state index in [9.17, 15) is 27.2 Å². The van der Waals surface area contributed by atoms with Crippen molar-refractivity contribution in [2.24, 2.45) is 5.92 Å².